The van der Waals surface area contributed by atoms with Gasteiger partial charge < -0.3 is 0 Å². The lowest BCUT2D eigenvalue weighted by Gasteiger charge is -2.26. The highest BCUT2D eigenvalue weighted by Gasteiger charge is 2.27. The second-order valence-electron chi connectivity index (χ2n) is 7.00. The van der Waals surface area contributed by atoms with Gasteiger partial charge in [-0.3, -0.25) is 10.1 Å². The highest BCUT2D eigenvalue weighted by molar-refractivity contribution is 7.99. The largest absolute Gasteiger partial charge is 0.284 e. The molecule has 1 N–H and O–H groups in total. The maximum absolute atomic E-state index is 12.7. The van der Waals surface area contributed by atoms with E-state index in [1.165, 1.54) is 16.8 Å². The van der Waals surface area contributed by atoms with Gasteiger partial charge in [-0.05, 0) is 65.9 Å². The number of tetrazole rings is 1. The molecule has 29 heavy (non-hydrogen) atoms. The quantitative estimate of drug-likeness (QED) is 0.378. The van der Waals surface area contributed by atoms with Crippen LogP contribution in [-0.4, -0.2) is 39.6 Å². The van der Waals surface area contributed by atoms with Crippen LogP contribution < -0.4 is 4.72 Å². The van der Waals surface area contributed by atoms with Crippen LogP contribution in [0.15, 0.2) is 45.8 Å². The third-order valence-corrected chi connectivity index (χ3v) is 7.34. The van der Waals surface area contributed by atoms with Gasteiger partial charge in [0.15, 0.2) is 0 Å². The molecule has 1 aromatic heterocycles. The lowest BCUT2D eigenvalue weighted by atomic mass is 9.88. The Morgan fingerprint density at radius 1 is 1.38 bits per heavy atom. The maximum atomic E-state index is 12.7. The minimum Gasteiger partial charge on any atom is -0.258 e. The Kier molecular flexibility index (Phi) is 6.65. The van der Waals surface area contributed by atoms with Crippen LogP contribution in [-0.2, 0) is 16.6 Å². The van der Waals surface area contributed by atoms with Crippen molar-refractivity contribution in [1.29, 1.82) is 0 Å². The molecule has 0 radical (unpaired) electrons. The van der Waals surface area contributed by atoms with E-state index in [0.29, 0.717) is 17.6 Å². The van der Waals surface area contributed by atoms with E-state index in [0.717, 1.165) is 43.5 Å². The Morgan fingerprint density at radius 3 is 2.76 bits per heavy atom. The second kappa shape index (κ2) is 9.01. The number of allylic oxidation sites excluding steroid dienone is 1. The average Bonchev–Trinajstić information content (AvgIpc) is 3.10. The SMILES string of the molecule is C=CCn1nnnc1Sc1ccc(S(=O)(=O)NC2CCC(C)CC2)cc1[N+](=O)[O-]. The predicted molar refractivity (Wildman–Crippen MR) is 107 cm³/mol. The van der Waals surface area contributed by atoms with E-state index < -0.39 is 14.9 Å². The summed E-state index contributed by atoms with van der Waals surface area (Å²) in [5, 5.41) is 23.1. The summed E-state index contributed by atoms with van der Waals surface area (Å²) in [6.45, 7) is 6.11. The monoisotopic (exact) mass is 438 g/mol. The van der Waals surface area contributed by atoms with Crippen molar-refractivity contribution in [3.05, 3.63) is 41.0 Å². The zero-order chi connectivity index (χ0) is 21.0. The predicted octanol–water partition coefficient (Wildman–Crippen LogP) is 2.78. The molecule has 0 spiro atoms. The van der Waals surface area contributed by atoms with Crippen molar-refractivity contribution in [2.75, 3.05) is 0 Å². The van der Waals surface area contributed by atoms with E-state index in [2.05, 4.69) is 33.8 Å². The smallest absolute Gasteiger partial charge is 0.258 e. The number of rotatable bonds is 8. The van der Waals surface area contributed by atoms with Crippen molar-refractivity contribution in [3.8, 4) is 0 Å². The highest BCUT2D eigenvalue weighted by Crippen LogP contribution is 2.35. The van der Waals surface area contributed by atoms with Crippen molar-refractivity contribution in [2.24, 2.45) is 5.92 Å². The van der Waals surface area contributed by atoms with Gasteiger partial charge in [-0.15, -0.1) is 11.7 Å². The first-order valence-corrected chi connectivity index (χ1v) is 11.5. The fraction of sp³-hybridized carbons (Fsp3) is 0.471. The summed E-state index contributed by atoms with van der Waals surface area (Å²) in [5.41, 5.74) is -0.316. The molecule has 1 fully saturated rings. The molecule has 1 aliphatic rings. The number of nitro groups is 1. The van der Waals surface area contributed by atoms with Gasteiger partial charge in [-0.2, -0.15) is 0 Å². The number of sulfonamides is 1. The standard InChI is InChI=1S/C17H22N6O4S2/c1-3-10-22-17(18-20-21-22)28-16-9-8-14(11-15(16)23(24)25)29(26,27)19-13-6-4-12(2)5-7-13/h3,8-9,11-13,19H,1,4-7,10H2,2H3. The topological polar surface area (TPSA) is 133 Å². The maximum Gasteiger partial charge on any atom is 0.284 e. The molecule has 0 saturated heterocycles. The van der Waals surface area contributed by atoms with Gasteiger partial charge in [0.2, 0.25) is 15.2 Å². The summed E-state index contributed by atoms with van der Waals surface area (Å²) in [6, 6.07) is 3.71. The number of hydrogen-bond acceptors (Lipinski definition) is 8. The van der Waals surface area contributed by atoms with E-state index in [-0.39, 0.29) is 21.5 Å². The van der Waals surface area contributed by atoms with E-state index in [1.54, 1.807) is 6.08 Å². The third kappa shape index (κ3) is 5.19. The van der Waals surface area contributed by atoms with Crippen LogP contribution >= 0.6 is 11.8 Å². The molecule has 1 saturated carbocycles. The Bertz CT molecular complexity index is 999. The van der Waals surface area contributed by atoms with Crippen molar-refractivity contribution in [3.63, 3.8) is 0 Å². The molecule has 10 nitrogen and oxygen atoms in total. The van der Waals surface area contributed by atoms with Crippen LogP contribution in [0.1, 0.15) is 32.6 Å². The van der Waals surface area contributed by atoms with Crippen molar-refractivity contribution in [1.82, 2.24) is 24.9 Å². The fourth-order valence-corrected chi connectivity index (χ4v) is 5.35. The summed E-state index contributed by atoms with van der Waals surface area (Å²) >= 11 is 0.993. The number of aromatic nitrogens is 4. The van der Waals surface area contributed by atoms with Crippen LogP contribution in [0.5, 0.6) is 0 Å². The van der Waals surface area contributed by atoms with Crippen LogP contribution in [0, 0.1) is 16.0 Å². The van der Waals surface area contributed by atoms with E-state index in [4.69, 9.17) is 0 Å². The van der Waals surface area contributed by atoms with E-state index in [9.17, 15) is 18.5 Å². The third-order valence-electron chi connectivity index (χ3n) is 4.78. The number of benzene rings is 1. The summed E-state index contributed by atoms with van der Waals surface area (Å²) in [7, 11) is -3.85. The molecule has 0 aliphatic heterocycles. The minimum absolute atomic E-state index is 0.127. The molecule has 1 aliphatic carbocycles. The molecule has 0 unspecified atom stereocenters. The first-order chi connectivity index (χ1) is 13.8. The number of nitrogens with one attached hydrogen (secondary N) is 1. The Morgan fingerprint density at radius 2 is 2.10 bits per heavy atom. The van der Waals surface area contributed by atoms with Gasteiger partial charge in [0.25, 0.3) is 5.69 Å². The summed E-state index contributed by atoms with van der Waals surface area (Å²) in [4.78, 5) is 11.1. The van der Waals surface area contributed by atoms with Crippen LogP contribution in [0.2, 0.25) is 0 Å². The highest BCUT2D eigenvalue weighted by atomic mass is 32.2. The molecule has 0 atom stereocenters. The number of nitrogens with zero attached hydrogens (tertiary/aromatic N) is 5. The van der Waals surface area contributed by atoms with Crippen molar-refractivity contribution < 1.29 is 13.3 Å². The molecule has 156 valence electrons. The van der Waals surface area contributed by atoms with Crippen molar-refractivity contribution in [2.45, 2.75) is 60.1 Å². The summed E-state index contributed by atoms with van der Waals surface area (Å²) in [6.07, 6.45) is 5.05. The van der Waals surface area contributed by atoms with Gasteiger partial charge >= 0.3 is 0 Å². The molecule has 1 heterocycles. The molecule has 0 amide bonds. The summed E-state index contributed by atoms with van der Waals surface area (Å²) in [5.74, 6) is 0.589. The molecule has 1 aromatic carbocycles. The summed E-state index contributed by atoms with van der Waals surface area (Å²) < 4.78 is 29.6. The van der Waals surface area contributed by atoms with Gasteiger partial charge in [0.1, 0.15) is 0 Å². The Labute approximate surface area is 173 Å². The van der Waals surface area contributed by atoms with Gasteiger partial charge in [0, 0.05) is 12.1 Å². The molecule has 2 aromatic rings. The van der Waals surface area contributed by atoms with Crippen LogP contribution in [0.4, 0.5) is 5.69 Å². The van der Waals surface area contributed by atoms with Crippen molar-refractivity contribution >= 4 is 27.5 Å². The minimum atomic E-state index is -3.85. The van der Waals surface area contributed by atoms with E-state index >= 15 is 0 Å². The zero-order valence-electron chi connectivity index (χ0n) is 15.9. The molecule has 12 heteroatoms. The molecular weight excluding hydrogens is 416 g/mol. The van der Waals surface area contributed by atoms with Gasteiger partial charge in [-0.25, -0.2) is 17.8 Å². The fourth-order valence-electron chi connectivity index (χ4n) is 3.16. The lowest BCUT2D eigenvalue weighted by molar-refractivity contribution is -0.388. The molecular formula is C17H22N6O4S2. The first-order valence-electron chi connectivity index (χ1n) is 9.16. The van der Waals surface area contributed by atoms with Crippen LogP contribution in [0.3, 0.4) is 0 Å². The van der Waals surface area contributed by atoms with Gasteiger partial charge in [-0.1, -0.05) is 13.0 Å². The van der Waals surface area contributed by atoms with E-state index in [1.807, 2.05) is 0 Å². The molecule has 0 bridgehead atoms. The Balaban J connectivity index is 1.84. The number of nitro benzene ring substituents is 1. The second-order valence-corrected chi connectivity index (χ2v) is 9.72. The normalized spacial score (nSPS) is 19.8. The average molecular weight is 439 g/mol. The molecule has 3 rings (SSSR count). The van der Waals surface area contributed by atoms with Gasteiger partial charge in [0.05, 0.1) is 21.3 Å². The lowest BCUT2D eigenvalue weighted by Crippen LogP contribution is -2.37. The first kappa shape index (κ1) is 21.4. The Hall–Kier alpha value is -2.31. The zero-order valence-corrected chi connectivity index (χ0v) is 17.5. The van der Waals surface area contributed by atoms with Crippen LogP contribution in [0.25, 0.3) is 0 Å². The number of hydrogen-bond donors (Lipinski definition) is 1.